The molecule has 0 atom stereocenters. The fourth-order valence-corrected chi connectivity index (χ4v) is 3.13. The molecule has 6 heteroatoms. The van der Waals surface area contributed by atoms with Crippen molar-refractivity contribution in [2.45, 2.75) is 6.54 Å². The average Bonchev–Trinajstić information content (AvgIpc) is 2.68. The Labute approximate surface area is 156 Å². The third kappa shape index (κ3) is 5.24. The molecule has 0 saturated carbocycles. The molecule has 1 aromatic carbocycles. The minimum atomic E-state index is 0.537. The molecular formula is C20H29N5O. The van der Waals surface area contributed by atoms with E-state index in [1.165, 1.54) is 12.1 Å². The maximum Gasteiger partial charge on any atom is 0.233 e. The molecule has 0 unspecified atom stereocenters. The van der Waals surface area contributed by atoms with E-state index in [0.717, 1.165) is 50.5 Å². The maximum absolute atomic E-state index is 5.06. The van der Waals surface area contributed by atoms with Crippen LogP contribution in [0.15, 0.2) is 36.4 Å². The van der Waals surface area contributed by atoms with Gasteiger partial charge in [-0.25, -0.2) is 0 Å². The van der Waals surface area contributed by atoms with E-state index in [2.05, 4.69) is 63.3 Å². The van der Waals surface area contributed by atoms with Crippen molar-refractivity contribution in [2.24, 2.45) is 0 Å². The topological polar surface area (TPSA) is 44.7 Å². The maximum atomic E-state index is 5.06. The first kappa shape index (κ1) is 18.8. The highest BCUT2D eigenvalue weighted by Gasteiger charge is 2.16. The summed E-state index contributed by atoms with van der Waals surface area (Å²) in [7, 11) is 5.87. The second-order valence-electron chi connectivity index (χ2n) is 7.08. The molecule has 1 saturated heterocycles. The SMILES string of the molecule is COc1ccc(-c2ccc(CN3CCN(CCN(C)C)CC3)cc2)nn1. The van der Waals surface area contributed by atoms with Gasteiger partial charge in [0.1, 0.15) is 0 Å². The fraction of sp³-hybridized carbons (Fsp3) is 0.500. The lowest BCUT2D eigenvalue weighted by molar-refractivity contribution is 0.120. The molecule has 6 nitrogen and oxygen atoms in total. The number of benzene rings is 1. The molecule has 1 aliphatic rings. The van der Waals surface area contributed by atoms with Gasteiger partial charge in [0.2, 0.25) is 5.88 Å². The lowest BCUT2D eigenvalue weighted by atomic mass is 10.1. The molecule has 2 heterocycles. The summed E-state index contributed by atoms with van der Waals surface area (Å²) >= 11 is 0. The summed E-state index contributed by atoms with van der Waals surface area (Å²) in [6.07, 6.45) is 0. The largest absolute Gasteiger partial charge is 0.480 e. The van der Waals surface area contributed by atoms with E-state index in [1.54, 1.807) is 7.11 Å². The van der Waals surface area contributed by atoms with Crippen LogP contribution in [0.4, 0.5) is 0 Å². The van der Waals surface area contributed by atoms with Crippen LogP contribution < -0.4 is 4.74 Å². The van der Waals surface area contributed by atoms with E-state index < -0.39 is 0 Å². The molecule has 0 N–H and O–H groups in total. The number of rotatable bonds is 7. The third-order valence-electron chi connectivity index (χ3n) is 4.83. The Morgan fingerprint density at radius 3 is 2.19 bits per heavy atom. The van der Waals surface area contributed by atoms with Gasteiger partial charge in [0.25, 0.3) is 0 Å². The molecule has 0 bridgehead atoms. The first-order chi connectivity index (χ1) is 12.6. The van der Waals surface area contributed by atoms with Crippen LogP contribution in [0.2, 0.25) is 0 Å². The van der Waals surface area contributed by atoms with Crippen molar-refractivity contribution in [3.05, 3.63) is 42.0 Å². The highest BCUT2D eigenvalue weighted by atomic mass is 16.5. The van der Waals surface area contributed by atoms with E-state index in [4.69, 9.17) is 4.74 Å². The summed E-state index contributed by atoms with van der Waals surface area (Å²) in [6.45, 7) is 7.91. The van der Waals surface area contributed by atoms with Crippen LogP contribution in [-0.4, -0.2) is 85.4 Å². The smallest absolute Gasteiger partial charge is 0.233 e. The van der Waals surface area contributed by atoms with Crippen molar-refractivity contribution < 1.29 is 4.74 Å². The Balaban J connectivity index is 1.50. The number of hydrogen-bond acceptors (Lipinski definition) is 6. The van der Waals surface area contributed by atoms with Gasteiger partial charge in [0.05, 0.1) is 12.8 Å². The predicted octanol–water partition coefficient (Wildman–Crippen LogP) is 1.83. The summed E-state index contributed by atoms with van der Waals surface area (Å²) < 4.78 is 5.06. The number of nitrogens with zero attached hydrogens (tertiary/aromatic N) is 5. The molecule has 140 valence electrons. The standard InChI is InChI=1S/C20H29N5O/c1-23(2)10-11-24-12-14-25(15-13-24)16-17-4-6-18(7-5-17)19-8-9-20(26-3)22-21-19/h4-9H,10-16H2,1-3H3. The van der Waals surface area contributed by atoms with Crippen LogP contribution in [0.25, 0.3) is 11.3 Å². The quantitative estimate of drug-likeness (QED) is 0.755. The van der Waals surface area contributed by atoms with Gasteiger partial charge in [-0.3, -0.25) is 9.80 Å². The summed E-state index contributed by atoms with van der Waals surface area (Å²) in [5.74, 6) is 0.537. The summed E-state index contributed by atoms with van der Waals surface area (Å²) in [4.78, 5) is 7.34. The Morgan fingerprint density at radius 2 is 1.62 bits per heavy atom. The average molecular weight is 355 g/mol. The van der Waals surface area contributed by atoms with E-state index in [0.29, 0.717) is 5.88 Å². The molecule has 3 rings (SSSR count). The molecule has 1 aliphatic heterocycles. The van der Waals surface area contributed by atoms with Gasteiger partial charge in [-0.05, 0) is 25.7 Å². The van der Waals surface area contributed by atoms with Crippen molar-refractivity contribution in [1.29, 1.82) is 0 Å². The number of piperazine rings is 1. The summed E-state index contributed by atoms with van der Waals surface area (Å²) in [6, 6.07) is 12.4. The Hall–Kier alpha value is -2.02. The zero-order valence-electron chi connectivity index (χ0n) is 16.1. The van der Waals surface area contributed by atoms with Crippen molar-refractivity contribution in [1.82, 2.24) is 24.9 Å². The normalized spacial score (nSPS) is 16.2. The fourth-order valence-electron chi connectivity index (χ4n) is 3.13. The highest BCUT2D eigenvalue weighted by Crippen LogP contribution is 2.19. The highest BCUT2D eigenvalue weighted by molar-refractivity contribution is 5.58. The number of methoxy groups -OCH3 is 1. The Bertz CT molecular complexity index is 664. The van der Waals surface area contributed by atoms with Crippen molar-refractivity contribution in [3.8, 4) is 17.1 Å². The van der Waals surface area contributed by atoms with Crippen LogP contribution in [0.1, 0.15) is 5.56 Å². The van der Waals surface area contributed by atoms with Crippen LogP contribution >= 0.6 is 0 Å². The van der Waals surface area contributed by atoms with Gasteiger partial charge in [-0.15, -0.1) is 10.2 Å². The molecule has 1 aromatic heterocycles. The van der Waals surface area contributed by atoms with Gasteiger partial charge in [0.15, 0.2) is 0 Å². The molecule has 1 fully saturated rings. The second-order valence-corrected chi connectivity index (χ2v) is 7.08. The lowest BCUT2D eigenvalue weighted by Gasteiger charge is -2.35. The van der Waals surface area contributed by atoms with E-state index in [9.17, 15) is 0 Å². The minimum absolute atomic E-state index is 0.537. The Morgan fingerprint density at radius 1 is 0.923 bits per heavy atom. The molecule has 2 aromatic rings. The summed E-state index contributed by atoms with van der Waals surface area (Å²) in [5.41, 5.74) is 3.29. The zero-order valence-corrected chi connectivity index (χ0v) is 16.1. The molecule has 0 radical (unpaired) electrons. The first-order valence-electron chi connectivity index (χ1n) is 9.20. The second kappa shape index (κ2) is 9.07. The van der Waals surface area contributed by atoms with Gasteiger partial charge in [-0.1, -0.05) is 24.3 Å². The number of hydrogen-bond donors (Lipinski definition) is 0. The van der Waals surface area contributed by atoms with Crippen LogP contribution in [0.3, 0.4) is 0 Å². The van der Waals surface area contributed by atoms with E-state index in [1.807, 2.05) is 12.1 Å². The van der Waals surface area contributed by atoms with Gasteiger partial charge < -0.3 is 9.64 Å². The lowest BCUT2D eigenvalue weighted by Crippen LogP contribution is -2.47. The molecule has 0 amide bonds. The van der Waals surface area contributed by atoms with Gasteiger partial charge in [0, 0.05) is 57.4 Å². The first-order valence-corrected chi connectivity index (χ1v) is 9.20. The molecular weight excluding hydrogens is 326 g/mol. The monoisotopic (exact) mass is 355 g/mol. The van der Waals surface area contributed by atoms with Crippen LogP contribution in [0, 0.1) is 0 Å². The zero-order chi connectivity index (χ0) is 18.4. The number of likely N-dealkylation sites (N-methyl/N-ethyl adjacent to an activating group) is 1. The van der Waals surface area contributed by atoms with Crippen LogP contribution in [0.5, 0.6) is 5.88 Å². The van der Waals surface area contributed by atoms with E-state index in [-0.39, 0.29) is 0 Å². The number of ether oxygens (including phenoxy) is 1. The van der Waals surface area contributed by atoms with Crippen molar-refractivity contribution >= 4 is 0 Å². The van der Waals surface area contributed by atoms with Gasteiger partial charge >= 0.3 is 0 Å². The molecule has 0 aliphatic carbocycles. The molecule has 0 spiro atoms. The summed E-state index contributed by atoms with van der Waals surface area (Å²) in [5, 5.41) is 8.24. The van der Waals surface area contributed by atoms with E-state index >= 15 is 0 Å². The minimum Gasteiger partial charge on any atom is -0.480 e. The Kier molecular flexibility index (Phi) is 6.55. The van der Waals surface area contributed by atoms with Crippen LogP contribution in [-0.2, 0) is 6.54 Å². The number of aromatic nitrogens is 2. The molecule has 26 heavy (non-hydrogen) atoms. The van der Waals surface area contributed by atoms with Crippen molar-refractivity contribution in [3.63, 3.8) is 0 Å². The van der Waals surface area contributed by atoms with Crippen molar-refractivity contribution in [2.75, 3.05) is 60.5 Å². The predicted molar refractivity (Wildman–Crippen MR) is 104 cm³/mol. The van der Waals surface area contributed by atoms with Gasteiger partial charge in [-0.2, -0.15) is 0 Å². The third-order valence-corrected chi connectivity index (χ3v) is 4.83.